The number of methoxy groups -OCH3 is 1. The van der Waals surface area contributed by atoms with Crippen molar-refractivity contribution in [2.45, 2.75) is 36.6 Å². The molecule has 2 aromatic rings. The number of amides is 1. The first-order chi connectivity index (χ1) is 15.4. The van der Waals surface area contributed by atoms with Crippen LogP contribution >= 0.6 is 11.6 Å². The van der Waals surface area contributed by atoms with Crippen molar-refractivity contribution in [3.63, 3.8) is 0 Å². The number of halogens is 1. The van der Waals surface area contributed by atoms with Crippen molar-refractivity contribution in [1.82, 2.24) is 9.62 Å². The summed E-state index contributed by atoms with van der Waals surface area (Å²) in [5, 5.41) is 3.28. The Balaban J connectivity index is 1.40. The maximum atomic E-state index is 12.9. The third kappa shape index (κ3) is 4.87. The van der Waals surface area contributed by atoms with Crippen LogP contribution in [0, 0.1) is 0 Å². The Hall–Kier alpha value is -2.29. The van der Waals surface area contributed by atoms with Crippen LogP contribution in [0.15, 0.2) is 47.4 Å². The lowest BCUT2D eigenvalue weighted by atomic mass is 10.0. The average Bonchev–Trinajstić information content (AvgIpc) is 3.36. The second-order valence-corrected chi connectivity index (χ2v) is 10.5. The predicted molar refractivity (Wildman–Crippen MR) is 125 cm³/mol. The zero-order valence-corrected chi connectivity index (χ0v) is 19.7. The minimum atomic E-state index is -3.61. The van der Waals surface area contributed by atoms with E-state index in [9.17, 15) is 13.2 Å². The monoisotopic (exact) mass is 477 g/mol. The van der Waals surface area contributed by atoms with Gasteiger partial charge in [-0.15, -0.1) is 0 Å². The van der Waals surface area contributed by atoms with Crippen molar-refractivity contribution in [3.05, 3.63) is 53.1 Å². The van der Waals surface area contributed by atoms with Gasteiger partial charge in [-0.2, -0.15) is 4.31 Å². The number of anilines is 1. The fraction of sp³-hybridized carbons (Fsp3) is 0.435. The molecule has 0 atom stereocenters. The van der Waals surface area contributed by atoms with Crippen molar-refractivity contribution in [1.29, 1.82) is 0 Å². The quantitative estimate of drug-likeness (QED) is 0.688. The fourth-order valence-electron chi connectivity index (χ4n) is 4.25. The molecule has 0 spiro atoms. The first-order valence-electron chi connectivity index (χ1n) is 10.9. The van der Waals surface area contributed by atoms with E-state index in [1.807, 2.05) is 24.3 Å². The number of sulfonamides is 1. The van der Waals surface area contributed by atoms with Gasteiger partial charge in [-0.3, -0.25) is 4.79 Å². The summed E-state index contributed by atoms with van der Waals surface area (Å²) in [7, 11) is -1.96. The maximum absolute atomic E-state index is 12.9. The van der Waals surface area contributed by atoms with Gasteiger partial charge in [0.05, 0.1) is 22.6 Å². The molecular formula is C23H28ClN3O4S. The molecule has 0 saturated carbocycles. The lowest BCUT2D eigenvalue weighted by Crippen LogP contribution is -2.44. The van der Waals surface area contributed by atoms with Gasteiger partial charge >= 0.3 is 0 Å². The fourth-order valence-corrected chi connectivity index (χ4v) is 6.00. The highest BCUT2D eigenvalue weighted by Gasteiger charge is 2.29. The minimum Gasteiger partial charge on any atom is -0.497 e. The van der Waals surface area contributed by atoms with Crippen LogP contribution in [0.3, 0.4) is 0 Å². The summed E-state index contributed by atoms with van der Waals surface area (Å²) in [4.78, 5) is 15.3. The molecule has 2 heterocycles. The summed E-state index contributed by atoms with van der Waals surface area (Å²) in [6.07, 6.45) is 3.30. The summed E-state index contributed by atoms with van der Waals surface area (Å²) in [5.74, 6) is 0.484. The Morgan fingerprint density at radius 3 is 2.31 bits per heavy atom. The zero-order chi connectivity index (χ0) is 22.7. The average molecular weight is 478 g/mol. The van der Waals surface area contributed by atoms with Crippen LogP contribution in [0.4, 0.5) is 5.69 Å². The highest BCUT2D eigenvalue weighted by molar-refractivity contribution is 7.89. The normalized spacial score (nSPS) is 18.0. The van der Waals surface area contributed by atoms with Gasteiger partial charge in [-0.1, -0.05) is 11.6 Å². The summed E-state index contributed by atoms with van der Waals surface area (Å²) < 4.78 is 32.4. The number of piperidine rings is 1. The Bertz CT molecular complexity index is 1060. The summed E-state index contributed by atoms with van der Waals surface area (Å²) in [6.45, 7) is 2.65. The third-order valence-electron chi connectivity index (χ3n) is 6.15. The standard InChI is InChI=1S/C23H28ClN3O4S/c1-31-19-6-4-18(5-7-19)26-14-10-17(11-15-26)25-23(28)21-16-20(8-9-22(21)24)32(29,30)27-12-2-3-13-27/h4-9,16-17H,2-3,10-15H2,1H3,(H,25,28). The third-order valence-corrected chi connectivity index (χ3v) is 8.38. The van der Waals surface area contributed by atoms with Crippen LogP contribution in [0.2, 0.25) is 5.02 Å². The van der Waals surface area contributed by atoms with Crippen molar-refractivity contribution >= 4 is 33.2 Å². The van der Waals surface area contributed by atoms with Gasteiger partial charge in [0.25, 0.3) is 5.91 Å². The van der Waals surface area contributed by atoms with Crippen LogP contribution in [0.5, 0.6) is 5.75 Å². The molecule has 0 aliphatic carbocycles. The highest BCUT2D eigenvalue weighted by Crippen LogP contribution is 2.26. The molecule has 0 aromatic heterocycles. The summed E-state index contributed by atoms with van der Waals surface area (Å²) in [6, 6.07) is 12.3. The number of carbonyl (C=O) groups is 1. The molecule has 0 radical (unpaired) electrons. The van der Waals surface area contributed by atoms with Crippen molar-refractivity contribution in [2.75, 3.05) is 38.2 Å². The van der Waals surface area contributed by atoms with Crippen molar-refractivity contribution < 1.29 is 17.9 Å². The van der Waals surface area contributed by atoms with Gasteiger partial charge in [-0.25, -0.2) is 8.42 Å². The van der Waals surface area contributed by atoms with Crippen LogP contribution in [-0.4, -0.2) is 58.0 Å². The largest absolute Gasteiger partial charge is 0.497 e. The molecule has 4 rings (SSSR count). The second kappa shape index (κ2) is 9.68. The number of benzene rings is 2. The van der Waals surface area contributed by atoms with Gasteiger partial charge in [-0.05, 0) is 68.1 Å². The number of hydrogen-bond acceptors (Lipinski definition) is 5. The van der Waals surface area contributed by atoms with E-state index in [1.165, 1.54) is 22.5 Å². The van der Waals surface area contributed by atoms with Crippen LogP contribution in [0.1, 0.15) is 36.0 Å². The molecule has 2 fully saturated rings. The molecule has 9 heteroatoms. The maximum Gasteiger partial charge on any atom is 0.253 e. The summed E-state index contributed by atoms with van der Waals surface area (Å²) in [5.41, 5.74) is 1.32. The number of rotatable bonds is 6. The van der Waals surface area contributed by atoms with E-state index in [0.29, 0.717) is 13.1 Å². The molecule has 2 aromatic carbocycles. The van der Waals surface area contributed by atoms with Gasteiger partial charge in [0.15, 0.2) is 0 Å². The predicted octanol–water partition coefficient (Wildman–Crippen LogP) is 3.53. The van der Waals surface area contributed by atoms with E-state index in [4.69, 9.17) is 16.3 Å². The highest BCUT2D eigenvalue weighted by atomic mass is 35.5. The lowest BCUT2D eigenvalue weighted by Gasteiger charge is -2.34. The molecule has 172 valence electrons. The first kappa shape index (κ1) is 22.9. The second-order valence-electron chi connectivity index (χ2n) is 8.19. The molecule has 2 aliphatic heterocycles. The van der Waals surface area contributed by atoms with Crippen LogP contribution in [-0.2, 0) is 10.0 Å². The molecule has 1 amide bonds. The molecule has 0 bridgehead atoms. The van der Waals surface area contributed by atoms with E-state index >= 15 is 0 Å². The number of hydrogen-bond donors (Lipinski definition) is 1. The van der Waals surface area contributed by atoms with E-state index < -0.39 is 10.0 Å². The number of nitrogens with zero attached hydrogens (tertiary/aromatic N) is 2. The minimum absolute atomic E-state index is 0.00640. The van der Waals surface area contributed by atoms with Gasteiger partial charge in [0, 0.05) is 37.9 Å². The first-order valence-corrected chi connectivity index (χ1v) is 12.7. The van der Waals surface area contributed by atoms with Crippen molar-refractivity contribution in [3.8, 4) is 5.75 Å². The van der Waals surface area contributed by atoms with E-state index in [1.54, 1.807) is 7.11 Å². The molecule has 0 unspecified atom stereocenters. The van der Waals surface area contributed by atoms with Gasteiger partial charge < -0.3 is 15.0 Å². The molecular weight excluding hydrogens is 450 g/mol. The number of carbonyl (C=O) groups excluding carboxylic acids is 1. The lowest BCUT2D eigenvalue weighted by molar-refractivity contribution is 0.0931. The Morgan fingerprint density at radius 2 is 1.69 bits per heavy atom. The molecule has 1 N–H and O–H groups in total. The summed E-state index contributed by atoms with van der Waals surface area (Å²) >= 11 is 6.26. The van der Waals surface area contributed by atoms with Crippen LogP contribution in [0.25, 0.3) is 0 Å². The Labute approximate surface area is 194 Å². The molecule has 2 saturated heterocycles. The molecule has 7 nitrogen and oxygen atoms in total. The number of ether oxygens (including phenoxy) is 1. The van der Waals surface area contributed by atoms with Crippen LogP contribution < -0.4 is 15.0 Å². The van der Waals surface area contributed by atoms with Gasteiger partial charge in [0.1, 0.15) is 5.75 Å². The Kier molecular flexibility index (Phi) is 6.93. The van der Waals surface area contributed by atoms with E-state index in [2.05, 4.69) is 10.2 Å². The zero-order valence-electron chi connectivity index (χ0n) is 18.1. The van der Waals surface area contributed by atoms with E-state index in [-0.39, 0.29) is 27.4 Å². The Morgan fingerprint density at radius 1 is 1.03 bits per heavy atom. The molecule has 2 aliphatic rings. The number of nitrogens with one attached hydrogen (secondary N) is 1. The van der Waals surface area contributed by atoms with Crippen molar-refractivity contribution in [2.24, 2.45) is 0 Å². The smallest absolute Gasteiger partial charge is 0.253 e. The van der Waals surface area contributed by atoms with Gasteiger partial charge in [0.2, 0.25) is 10.0 Å². The van der Waals surface area contributed by atoms with E-state index in [0.717, 1.165) is 50.2 Å². The topological polar surface area (TPSA) is 79.0 Å². The molecule has 32 heavy (non-hydrogen) atoms. The SMILES string of the molecule is COc1ccc(N2CCC(NC(=O)c3cc(S(=O)(=O)N4CCCC4)ccc3Cl)CC2)cc1.